The average molecular weight is 582 g/mol. The van der Waals surface area contributed by atoms with Crippen molar-refractivity contribution in [2.45, 2.75) is 205 Å². The Morgan fingerprint density at radius 3 is 1.41 bits per heavy atom. The van der Waals surface area contributed by atoms with Crippen LogP contribution in [0.1, 0.15) is 187 Å². The molecule has 0 aromatic rings. The van der Waals surface area contributed by atoms with Crippen LogP contribution in [0.25, 0.3) is 0 Å². The zero-order valence-corrected chi connectivity index (χ0v) is 27.4. The van der Waals surface area contributed by atoms with Crippen molar-refractivity contribution >= 4 is 5.91 Å². The fourth-order valence-electron chi connectivity index (χ4n) is 5.51. The van der Waals surface area contributed by atoms with Crippen LogP contribution in [0, 0.1) is 0 Å². The number of aliphatic hydroxyl groups excluding tert-OH is 3. The van der Waals surface area contributed by atoms with Crippen LogP contribution in [0.2, 0.25) is 0 Å². The molecular weight excluding hydrogens is 510 g/mol. The lowest BCUT2D eigenvalue weighted by Crippen LogP contribution is -2.50. The van der Waals surface area contributed by atoms with Gasteiger partial charge in [0.05, 0.1) is 18.8 Å². The molecule has 4 N–H and O–H groups in total. The van der Waals surface area contributed by atoms with Crippen LogP contribution in [-0.2, 0) is 4.79 Å². The van der Waals surface area contributed by atoms with Gasteiger partial charge in [0.1, 0.15) is 6.10 Å². The number of hydrogen-bond acceptors (Lipinski definition) is 4. The maximum absolute atomic E-state index is 12.3. The molecular formula is C36H71NO4. The lowest BCUT2D eigenvalue weighted by Gasteiger charge is -2.26. The van der Waals surface area contributed by atoms with Gasteiger partial charge in [0.2, 0.25) is 5.91 Å². The maximum atomic E-state index is 12.3. The number of nitrogens with one attached hydrogen (secondary N) is 1. The molecule has 0 heterocycles. The van der Waals surface area contributed by atoms with E-state index in [1.807, 2.05) is 0 Å². The Bertz CT molecular complexity index is 568. The Morgan fingerprint density at radius 2 is 0.976 bits per heavy atom. The third kappa shape index (κ3) is 27.7. The van der Waals surface area contributed by atoms with Gasteiger partial charge in [-0.25, -0.2) is 0 Å². The number of rotatable bonds is 32. The Balaban J connectivity index is 3.72. The minimum Gasteiger partial charge on any atom is -0.394 e. The Hall–Kier alpha value is -0.910. The SMILES string of the molecule is CCCCCCCCC/C=C/CCCC(O)C(O)C(CO)NC(=O)CCCCCCCCCCCCCCCCC. The first-order valence-corrected chi connectivity index (χ1v) is 18.0. The highest BCUT2D eigenvalue weighted by molar-refractivity contribution is 5.76. The smallest absolute Gasteiger partial charge is 0.220 e. The van der Waals surface area contributed by atoms with Crippen LogP contribution in [-0.4, -0.2) is 46.1 Å². The van der Waals surface area contributed by atoms with Crippen molar-refractivity contribution < 1.29 is 20.1 Å². The fraction of sp³-hybridized carbons (Fsp3) is 0.917. The van der Waals surface area contributed by atoms with E-state index >= 15 is 0 Å². The normalized spacial score (nSPS) is 14.0. The minimum atomic E-state index is -1.15. The Labute approximate surface area is 255 Å². The summed E-state index contributed by atoms with van der Waals surface area (Å²) < 4.78 is 0. The molecule has 1 amide bonds. The second-order valence-electron chi connectivity index (χ2n) is 12.4. The van der Waals surface area contributed by atoms with Gasteiger partial charge in [-0.15, -0.1) is 0 Å². The van der Waals surface area contributed by atoms with Gasteiger partial charge in [-0.2, -0.15) is 0 Å². The molecule has 3 atom stereocenters. The Morgan fingerprint density at radius 1 is 0.585 bits per heavy atom. The highest BCUT2D eigenvalue weighted by Gasteiger charge is 2.26. The van der Waals surface area contributed by atoms with Gasteiger partial charge in [-0.3, -0.25) is 4.79 Å². The van der Waals surface area contributed by atoms with E-state index in [1.54, 1.807) is 0 Å². The maximum Gasteiger partial charge on any atom is 0.220 e. The molecule has 5 nitrogen and oxygen atoms in total. The van der Waals surface area contributed by atoms with Crippen molar-refractivity contribution in [3.63, 3.8) is 0 Å². The second-order valence-corrected chi connectivity index (χ2v) is 12.4. The van der Waals surface area contributed by atoms with E-state index in [0.29, 0.717) is 12.8 Å². The molecule has 41 heavy (non-hydrogen) atoms. The molecule has 0 aliphatic heterocycles. The molecule has 5 heteroatoms. The lowest BCUT2D eigenvalue weighted by atomic mass is 10.0. The van der Waals surface area contributed by atoms with Crippen LogP contribution in [0.3, 0.4) is 0 Å². The molecule has 0 aromatic heterocycles. The monoisotopic (exact) mass is 582 g/mol. The molecule has 0 radical (unpaired) electrons. The van der Waals surface area contributed by atoms with E-state index in [4.69, 9.17) is 0 Å². The van der Waals surface area contributed by atoms with Crippen LogP contribution >= 0.6 is 0 Å². The molecule has 0 saturated carbocycles. The summed E-state index contributed by atoms with van der Waals surface area (Å²) in [5.74, 6) is -0.154. The number of unbranched alkanes of at least 4 members (excludes halogenated alkanes) is 22. The number of carbonyl (C=O) groups is 1. The molecule has 0 fully saturated rings. The summed E-state index contributed by atoms with van der Waals surface area (Å²) in [7, 11) is 0. The van der Waals surface area contributed by atoms with Gasteiger partial charge >= 0.3 is 0 Å². The van der Waals surface area contributed by atoms with Gasteiger partial charge in [0.25, 0.3) is 0 Å². The molecule has 0 aliphatic carbocycles. The number of hydrogen-bond donors (Lipinski definition) is 4. The summed E-state index contributed by atoms with van der Waals surface area (Å²) in [6.45, 7) is 4.14. The molecule has 0 bridgehead atoms. The van der Waals surface area contributed by atoms with E-state index in [-0.39, 0.29) is 12.5 Å². The lowest BCUT2D eigenvalue weighted by molar-refractivity contribution is -0.124. The molecule has 0 spiro atoms. The van der Waals surface area contributed by atoms with Gasteiger partial charge in [0, 0.05) is 6.42 Å². The summed E-state index contributed by atoms with van der Waals surface area (Å²) in [6.07, 6.45) is 34.4. The standard InChI is InChI=1S/C36H71NO4/c1-3-5-7-9-11-13-15-17-18-19-21-23-25-27-29-31-35(40)37-33(32-38)36(41)34(39)30-28-26-24-22-20-16-14-12-10-8-6-4-2/h22,24,33-34,36,38-39,41H,3-21,23,25-32H2,1-2H3,(H,37,40)/b24-22+. The third-order valence-corrected chi connectivity index (χ3v) is 8.37. The first kappa shape index (κ1) is 40.1. The summed E-state index contributed by atoms with van der Waals surface area (Å²) >= 11 is 0. The van der Waals surface area contributed by atoms with Crippen molar-refractivity contribution in [1.82, 2.24) is 5.32 Å². The largest absolute Gasteiger partial charge is 0.394 e. The van der Waals surface area contributed by atoms with Crippen molar-refractivity contribution in [2.75, 3.05) is 6.61 Å². The predicted octanol–water partition coefficient (Wildman–Crippen LogP) is 9.31. The predicted molar refractivity (Wildman–Crippen MR) is 176 cm³/mol. The van der Waals surface area contributed by atoms with Gasteiger partial charge in [-0.05, 0) is 38.5 Å². The van der Waals surface area contributed by atoms with E-state index < -0.39 is 18.2 Å². The zero-order valence-electron chi connectivity index (χ0n) is 27.4. The number of aliphatic hydroxyl groups is 3. The van der Waals surface area contributed by atoms with Gasteiger partial charge in [0.15, 0.2) is 0 Å². The zero-order chi connectivity index (χ0) is 30.2. The first-order valence-electron chi connectivity index (χ1n) is 18.0. The molecule has 0 aromatic carbocycles. The summed E-state index contributed by atoms with van der Waals surface area (Å²) in [6, 6.07) is -0.818. The third-order valence-electron chi connectivity index (χ3n) is 8.37. The number of amides is 1. The van der Waals surface area contributed by atoms with Crippen LogP contribution < -0.4 is 5.32 Å². The second kappa shape index (κ2) is 32.0. The van der Waals surface area contributed by atoms with Crippen LogP contribution in [0.4, 0.5) is 0 Å². The van der Waals surface area contributed by atoms with Crippen molar-refractivity contribution in [2.24, 2.45) is 0 Å². The van der Waals surface area contributed by atoms with E-state index in [2.05, 4.69) is 31.3 Å². The van der Waals surface area contributed by atoms with Gasteiger partial charge < -0.3 is 20.6 Å². The Kier molecular flexibility index (Phi) is 31.3. The van der Waals surface area contributed by atoms with E-state index in [1.165, 1.54) is 122 Å². The van der Waals surface area contributed by atoms with E-state index in [9.17, 15) is 20.1 Å². The van der Waals surface area contributed by atoms with Crippen molar-refractivity contribution in [3.05, 3.63) is 12.2 Å². The first-order chi connectivity index (χ1) is 20.1. The van der Waals surface area contributed by atoms with E-state index in [0.717, 1.165) is 38.5 Å². The molecule has 0 rings (SSSR count). The highest BCUT2D eigenvalue weighted by Crippen LogP contribution is 2.15. The van der Waals surface area contributed by atoms with Crippen LogP contribution in [0.5, 0.6) is 0 Å². The summed E-state index contributed by atoms with van der Waals surface area (Å²) in [5.41, 5.74) is 0. The quantitative estimate of drug-likeness (QED) is 0.0471. The summed E-state index contributed by atoms with van der Waals surface area (Å²) in [4.78, 5) is 12.3. The van der Waals surface area contributed by atoms with Crippen LogP contribution in [0.15, 0.2) is 12.2 Å². The van der Waals surface area contributed by atoms with Crippen molar-refractivity contribution in [3.8, 4) is 0 Å². The van der Waals surface area contributed by atoms with Gasteiger partial charge in [-0.1, -0.05) is 154 Å². The average Bonchev–Trinajstić information content (AvgIpc) is 2.97. The molecule has 0 aliphatic rings. The molecule has 244 valence electrons. The molecule has 0 saturated heterocycles. The summed E-state index contributed by atoms with van der Waals surface area (Å²) in [5, 5.41) is 33.2. The molecule has 3 unspecified atom stereocenters. The highest BCUT2D eigenvalue weighted by atomic mass is 16.3. The number of allylic oxidation sites excluding steroid dienone is 2. The fourth-order valence-corrected chi connectivity index (χ4v) is 5.51. The number of carbonyl (C=O) groups excluding carboxylic acids is 1. The minimum absolute atomic E-state index is 0.154. The topological polar surface area (TPSA) is 89.8 Å². The van der Waals surface area contributed by atoms with Crippen molar-refractivity contribution in [1.29, 1.82) is 0 Å².